The van der Waals surface area contributed by atoms with Gasteiger partial charge in [-0.05, 0) is 50.0 Å². The number of hydrogen-bond donors (Lipinski definition) is 3. The van der Waals surface area contributed by atoms with Crippen LogP contribution in [0.3, 0.4) is 0 Å². The fourth-order valence-corrected chi connectivity index (χ4v) is 3.82. The molecular formula is C15H28N2O2. The molecule has 4 nitrogen and oxygen atoms in total. The van der Waals surface area contributed by atoms with Gasteiger partial charge in [-0.1, -0.05) is 19.3 Å². The summed E-state index contributed by atoms with van der Waals surface area (Å²) in [6.45, 7) is 1.62. The molecule has 110 valence electrons. The van der Waals surface area contributed by atoms with Gasteiger partial charge in [-0.25, -0.2) is 0 Å². The van der Waals surface area contributed by atoms with Crippen molar-refractivity contribution in [1.29, 1.82) is 0 Å². The number of nitrogens with one attached hydrogen (secondary N) is 1. The van der Waals surface area contributed by atoms with Crippen LogP contribution in [0.4, 0.5) is 0 Å². The normalized spacial score (nSPS) is 35.3. The molecule has 2 saturated carbocycles. The first kappa shape index (κ1) is 14.8. The topological polar surface area (TPSA) is 75.4 Å². The third kappa shape index (κ3) is 3.69. The average Bonchev–Trinajstić information content (AvgIpc) is 2.92. The lowest BCUT2D eigenvalue weighted by molar-refractivity contribution is -0.127. The summed E-state index contributed by atoms with van der Waals surface area (Å²) in [4.78, 5) is 12.3. The van der Waals surface area contributed by atoms with Gasteiger partial charge in [-0.3, -0.25) is 4.79 Å². The van der Waals surface area contributed by atoms with Crippen molar-refractivity contribution < 1.29 is 9.90 Å². The molecule has 0 aromatic carbocycles. The van der Waals surface area contributed by atoms with Crippen molar-refractivity contribution in [2.24, 2.45) is 29.4 Å². The zero-order chi connectivity index (χ0) is 13.7. The van der Waals surface area contributed by atoms with E-state index in [4.69, 9.17) is 5.73 Å². The van der Waals surface area contributed by atoms with Crippen LogP contribution >= 0.6 is 0 Å². The van der Waals surface area contributed by atoms with E-state index in [0.717, 1.165) is 38.6 Å². The highest BCUT2D eigenvalue weighted by Gasteiger charge is 2.31. The minimum Gasteiger partial charge on any atom is -0.396 e. The van der Waals surface area contributed by atoms with Crippen LogP contribution in [0.5, 0.6) is 0 Å². The van der Waals surface area contributed by atoms with Crippen LogP contribution in [-0.4, -0.2) is 30.7 Å². The molecule has 0 radical (unpaired) electrons. The first-order valence-electron chi connectivity index (χ1n) is 7.85. The first-order chi connectivity index (χ1) is 9.26. The van der Waals surface area contributed by atoms with E-state index < -0.39 is 0 Å². The fraction of sp³-hybridized carbons (Fsp3) is 0.933. The lowest BCUT2D eigenvalue weighted by Crippen LogP contribution is -2.41. The molecule has 0 heterocycles. The van der Waals surface area contributed by atoms with E-state index >= 15 is 0 Å². The van der Waals surface area contributed by atoms with Crippen LogP contribution in [-0.2, 0) is 4.79 Å². The highest BCUT2D eigenvalue weighted by atomic mass is 16.3. The third-order valence-corrected chi connectivity index (χ3v) is 5.14. The van der Waals surface area contributed by atoms with Crippen molar-refractivity contribution in [3.8, 4) is 0 Å². The quantitative estimate of drug-likeness (QED) is 0.703. The van der Waals surface area contributed by atoms with Crippen LogP contribution in [0.25, 0.3) is 0 Å². The molecule has 0 spiro atoms. The van der Waals surface area contributed by atoms with E-state index in [1.54, 1.807) is 0 Å². The largest absolute Gasteiger partial charge is 0.396 e. The second-order valence-corrected chi connectivity index (χ2v) is 6.27. The lowest BCUT2D eigenvalue weighted by Gasteiger charge is -2.30. The molecule has 4 N–H and O–H groups in total. The summed E-state index contributed by atoms with van der Waals surface area (Å²) in [5.41, 5.74) is 5.78. The zero-order valence-electron chi connectivity index (χ0n) is 11.8. The minimum atomic E-state index is 0.118. The van der Waals surface area contributed by atoms with Crippen molar-refractivity contribution in [2.75, 3.05) is 19.7 Å². The maximum Gasteiger partial charge on any atom is 0.223 e. The zero-order valence-corrected chi connectivity index (χ0v) is 11.8. The number of rotatable bonds is 5. The molecule has 4 heteroatoms. The summed E-state index contributed by atoms with van der Waals surface area (Å²) in [5, 5.41) is 12.4. The average molecular weight is 268 g/mol. The Morgan fingerprint density at radius 1 is 1.05 bits per heavy atom. The Hall–Kier alpha value is -0.610. The summed E-state index contributed by atoms with van der Waals surface area (Å²) < 4.78 is 0. The van der Waals surface area contributed by atoms with Crippen LogP contribution in [0.1, 0.15) is 44.9 Å². The molecule has 0 aromatic rings. The smallest absolute Gasteiger partial charge is 0.223 e. The van der Waals surface area contributed by atoms with Crippen LogP contribution in [0.15, 0.2) is 0 Å². The van der Waals surface area contributed by atoms with Crippen LogP contribution in [0, 0.1) is 23.7 Å². The fourth-order valence-electron chi connectivity index (χ4n) is 3.82. The number of amides is 1. The third-order valence-electron chi connectivity index (χ3n) is 5.14. The van der Waals surface area contributed by atoms with Gasteiger partial charge in [0.25, 0.3) is 0 Å². The Morgan fingerprint density at radius 3 is 2.47 bits per heavy atom. The summed E-state index contributed by atoms with van der Waals surface area (Å²) in [6, 6.07) is 0. The van der Waals surface area contributed by atoms with E-state index in [0.29, 0.717) is 24.3 Å². The van der Waals surface area contributed by atoms with Gasteiger partial charge in [0.15, 0.2) is 0 Å². The van der Waals surface area contributed by atoms with Crippen molar-refractivity contribution in [3.63, 3.8) is 0 Å². The molecule has 0 aliphatic heterocycles. The summed E-state index contributed by atoms with van der Waals surface area (Å²) >= 11 is 0. The molecule has 1 amide bonds. The Balaban J connectivity index is 1.79. The lowest BCUT2D eigenvalue weighted by atomic mass is 9.78. The second-order valence-electron chi connectivity index (χ2n) is 6.27. The molecule has 2 rings (SSSR count). The highest BCUT2D eigenvalue weighted by Crippen LogP contribution is 2.32. The predicted molar refractivity (Wildman–Crippen MR) is 75.4 cm³/mol. The maximum absolute atomic E-state index is 12.3. The monoisotopic (exact) mass is 268 g/mol. The summed E-state index contributed by atoms with van der Waals surface area (Å²) in [5.74, 6) is 1.53. The SMILES string of the molecule is NCC1CCCCC1C(=O)NCC1CCCC1CO. The summed E-state index contributed by atoms with van der Waals surface area (Å²) in [7, 11) is 0. The maximum atomic E-state index is 12.3. The predicted octanol–water partition coefficient (Wildman–Crippen LogP) is 1.28. The standard InChI is InChI=1S/C15H28N2O2/c16-8-11-4-1-2-7-14(11)15(19)17-9-12-5-3-6-13(12)10-18/h11-14,18H,1-10,16H2,(H,17,19). The van der Waals surface area contributed by atoms with E-state index in [-0.39, 0.29) is 18.4 Å². The number of aliphatic hydroxyl groups excluding tert-OH is 1. The van der Waals surface area contributed by atoms with Crippen LogP contribution < -0.4 is 11.1 Å². The molecule has 4 unspecified atom stereocenters. The number of aliphatic hydroxyl groups is 1. The molecule has 4 atom stereocenters. The molecule has 2 aliphatic carbocycles. The van der Waals surface area contributed by atoms with Gasteiger partial charge in [0.1, 0.15) is 0 Å². The van der Waals surface area contributed by atoms with E-state index in [1.807, 2.05) is 0 Å². The van der Waals surface area contributed by atoms with E-state index in [9.17, 15) is 9.90 Å². The second kappa shape index (κ2) is 7.25. The molecule has 0 bridgehead atoms. The van der Waals surface area contributed by atoms with E-state index in [2.05, 4.69) is 5.32 Å². The highest BCUT2D eigenvalue weighted by molar-refractivity contribution is 5.79. The minimum absolute atomic E-state index is 0.118. The van der Waals surface area contributed by atoms with Gasteiger partial charge < -0.3 is 16.2 Å². The number of carbonyl (C=O) groups is 1. The van der Waals surface area contributed by atoms with Gasteiger partial charge in [-0.15, -0.1) is 0 Å². The Labute approximate surface area is 116 Å². The molecule has 19 heavy (non-hydrogen) atoms. The number of carbonyl (C=O) groups excluding carboxylic acids is 1. The van der Waals surface area contributed by atoms with Crippen molar-refractivity contribution in [2.45, 2.75) is 44.9 Å². The van der Waals surface area contributed by atoms with Gasteiger partial charge in [0.2, 0.25) is 5.91 Å². The molecule has 0 aromatic heterocycles. The van der Waals surface area contributed by atoms with Crippen molar-refractivity contribution in [1.82, 2.24) is 5.32 Å². The Kier molecular flexibility index (Phi) is 5.64. The van der Waals surface area contributed by atoms with Gasteiger partial charge in [0.05, 0.1) is 0 Å². The number of hydrogen-bond acceptors (Lipinski definition) is 3. The molecule has 2 aliphatic rings. The first-order valence-corrected chi connectivity index (χ1v) is 7.85. The number of nitrogens with two attached hydrogens (primary N) is 1. The Morgan fingerprint density at radius 2 is 1.74 bits per heavy atom. The van der Waals surface area contributed by atoms with Gasteiger partial charge in [0, 0.05) is 19.1 Å². The van der Waals surface area contributed by atoms with Gasteiger partial charge >= 0.3 is 0 Å². The van der Waals surface area contributed by atoms with Crippen LogP contribution in [0.2, 0.25) is 0 Å². The van der Waals surface area contributed by atoms with Gasteiger partial charge in [-0.2, -0.15) is 0 Å². The summed E-state index contributed by atoms with van der Waals surface area (Å²) in [6.07, 6.45) is 7.86. The molecule has 0 saturated heterocycles. The molecule has 2 fully saturated rings. The van der Waals surface area contributed by atoms with E-state index in [1.165, 1.54) is 12.8 Å². The van der Waals surface area contributed by atoms with Crippen molar-refractivity contribution >= 4 is 5.91 Å². The Bertz CT molecular complexity index is 296. The molecular weight excluding hydrogens is 240 g/mol. The van der Waals surface area contributed by atoms with Crippen molar-refractivity contribution in [3.05, 3.63) is 0 Å².